The van der Waals surface area contributed by atoms with Crippen molar-refractivity contribution in [1.82, 2.24) is 9.55 Å². The summed E-state index contributed by atoms with van der Waals surface area (Å²) >= 11 is 0. The third-order valence-electron chi connectivity index (χ3n) is 3.46. The molecule has 2 aromatic rings. The fraction of sp³-hybridized carbons (Fsp3) is 0.188. The maximum atomic E-state index is 12.7. The number of alkyl halides is 6. The van der Waals surface area contributed by atoms with Gasteiger partial charge in [-0.1, -0.05) is 12.1 Å². The lowest BCUT2D eigenvalue weighted by Crippen LogP contribution is -2.28. The lowest BCUT2D eigenvalue weighted by atomic mass is 10.0. The largest absolute Gasteiger partial charge is 0.504 e. The number of aliphatic hydroxyl groups excluding tert-OH is 1. The van der Waals surface area contributed by atoms with Gasteiger partial charge in [-0.2, -0.15) is 31.6 Å². The van der Waals surface area contributed by atoms with Crippen LogP contribution in [0.15, 0.2) is 41.7 Å². The van der Waals surface area contributed by atoms with E-state index in [9.17, 15) is 36.4 Å². The summed E-state index contributed by atoms with van der Waals surface area (Å²) in [6.07, 6.45) is -11.3. The van der Waals surface area contributed by atoms with Crippen LogP contribution in [0.5, 0.6) is 0 Å². The van der Waals surface area contributed by atoms with E-state index in [1.165, 1.54) is 23.8 Å². The van der Waals surface area contributed by atoms with Crippen LogP contribution in [0.4, 0.5) is 26.3 Å². The molecular formula is C16H9F6N3O2. The first-order valence-electron chi connectivity index (χ1n) is 7.03. The Morgan fingerprint density at radius 1 is 1.19 bits per heavy atom. The number of aromatic nitrogens is 2. The van der Waals surface area contributed by atoms with Gasteiger partial charge in [0.1, 0.15) is 6.07 Å². The molecule has 1 aromatic carbocycles. The normalized spacial score (nSPS) is 14.1. The molecule has 27 heavy (non-hydrogen) atoms. The number of carbonyl (C=O) groups is 1. The molecule has 0 saturated carbocycles. The van der Waals surface area contributed by atoms with Crippen molar-refractivity contribution in [1.29, 1.82) is 5.26 Å². The van der Waals surface area contributed by atoms with Crippen LogP contribution in [-0.4, -0.2) is 32.8 Å². The van der Waals surface area contributed by atoms with Gasteiger partial charge in [-0.25, -0.2) is 4.98 Å². The zero-order valence-corrected chi connectivity index (χ0v) is 13.4. The Morgan fingerprint density at radius 3 is 2.26 bits per heavy atom. The Balaban J connectivity index is 2.75. The minimum atomic E-state index is -5.70. The van der Waals surface area contributed by atoms with E-state index in [-0.39, 0.29) is 11.9 Å². The fourth-order valence-electron chi connectivity index (χ4n) is 2.22. The highest BCUT2D eigenvalue weighted by Crippen LogP contribution is 2.32. The molecule has 0 radical (unpaired) electrons. The number of Topliss-reactive ketones (excluding diaryl/α,β-unsaturated/α-hetero) is 1. The monoisotopic (exact) mass is 389 g/mol. The Morgan fingerprint density at radius 2 is 1.78 bits per heavy atom. The number of fused-ring (bicyclic) bond motifs is 1. The number of aliphatic hydroxyl groups is 1. The number of hydrogen-bond donors (Lipinski definition) is 1. The highest BCUT2D eigenvalue weighted by molar-refractivity contribution is 6.04. The smallest absolute Gasteiger partial charge is 0.455 e. The number of para-hydroxylation sites is 2. The van der Waals surface area contributed by atoms with Gasteiger partial charge in [0.2, 0.25) is 5.76 Å². The van der Waals surface area contributed by atoms with Crippen molar-refractivity contribution in [3.8, 4) is 6.07 Å². The first-order chi connectivity index (χ1) is 12.4. The van der Waals surface area contributed by atoms with Crippen LogP contribution in [0.3, 0.4) is 0 Å². The molecule has 11 heteroatoms. The predicted molar refractivity (Wildman–Crippen MR) is 81.1 cm³/mol. The maximum absolute atomic E-state index is 12.7. The molecule has 0 atom stereocenters. The zero-order valence-electron chi connectivity index (χ0n) is 13.4. The minimum Gasteiger partial charge on any atom is -0.504 e. The molecule has 0 aliphatic rings. The lowest BCUT2D eigenvalue weighted by molar-refractivity contribution is -0.167. The standard InChI is InChI=1S/C16H9F6N3O2/c1-25-11-5-3-2-4-10(11)24-14(25)8(7-23)6-9(12(26)15(17,18)19)13(27)16(20,21)22/h2-6,26H,1H3/b8-6-,12-9+. The van der Waals surface area contributed by atoms with E-state index >= 15 is 0 Å². The molecule has 142 valence electrons. The Hall–Kier alpha value is -3.29. The zero-order chi connectivity index (χ0) is 20.6. The topological polar surface area (TPSA) is 78.9 Å². The van der Waals surface area contributed by atoms with E-state index in [0.717, 1.165) is 0 Å². The molecule has 0 aliphatic heterocycles. The second-order valence-corrected chi connectivity index (χ2v) is 5.24. The van der Waals surface area contributed by atoms with Crippen molar-refractivity contribution in [2.24, 2.45) is 7.05 Å². The molecule has 0 spiro atoms. The van der Waals surface area contributed by atoms with Crippen molar-refractivity contribution >= 4 is 22.4 Å². The number of allylic oxidation sites excluding steroid dienone is 4. The number of aryl methyl sites for hydroxylation is 1. The molecule has 1 heterocycles. The van der Waals surface area contributed by atoms with Crippen molar-refractivity contribution in [2.75, 3.05) is 0 Å². The van der Waals surface area contributed by atoms with E-state index in [1.807, 2.05) is 0 Å². The number of rotatable bonds is 3. The van der Waals surface area contributed by atoms with E-state index in [0.29, 0.717) is 11.0 Å². The number of nitriles is 1. The van der Waals surface area contributed by atoms with E-state index in [1.54, 1.807) is 18.2 Å². The molecule has 0 unspecified atom stereocenters. The third kappa shape index (κ3) is 3.94. The number of ketones is 1. The van der Waals surface area contributed by atoms with Gasteiger partial charge in [-0.3, -0.25) is 4.79 Å². The molecule has 0 fully saturated rings. The van der Waals surface area contributed by atoms with Crippen LogP contribution in [0.2, 0.25) is 0 Å². The second-order valence-electron chi connectivity index (χ2n) is 5.24. The third-order valence-corrected chi connectivity index (χ3v) is 3.46. The summed E-state index contributed by atoms with van der Waals surface area (Å²) in [7, 11) is 1.38. The van der Waals surface area contributed by atoms with Crippen LogP contribution in [-0.2, 0) is 11.8 Å². The SMILES string of the molecule is Cn1c(/C(C#N)=C\C(C(=O)C(F)(F)F)=C(/O)C(F)(F)F)nc2ccccc21. The molecular weight excluding hydrogens is 380 g/mol. The highest BCUT2D eigenvalue weighted by Gasteiger charge is 2.46. The van der Waals surface area contributed by atoms with Crippen molar-refractivity contribution in [3.05, 3.63) is 47.5 Å². The molecule has 1 N–H and O–H groups in total. The van der Waals surface area contributed by atoms with Gasteiger partial charge >= 0.3 is 12.4 Å². The van der Waals surface area contributed by atoms with E-state index in [4.69, 9.17) is 5.11 Å². The predicted octanol–water partition coefficient (Wildman–Crippen LogP) is 3.99. The summed E-state index contributed by atoms with van der Waals surface area (Å²) in [6, 6.07) is 7.68. The lowest BCUT2D eigenvalue weighted by Gasteiger charge is -2.12. The Kier molecular flexibility index (Phi) is 5.03. The van der Waals surface area contributed by atoms with Gasteiger partial charge in [0.15, 0.2) is 5.82 Å². The number of imidazole rings is 1. The number of carbonyl (C=O) groups excluding carboxylic acids is 1. The fourth-order valence-corrected chi connectivity index (χ4v) is 2.22. The van der Waals surface area contributed by atoms with Gasteiger partial charge in [0.25, 0.3) is 5.78 Å². The van der Waals surface area contributed by atoms with Crippen LogP contribution in [0.1, 0.15) is 5.82 Å². The van der Waals surface area contributed by atoms with Crippen molar-refractivity contribution < 1.29 is 36.2 Å². The maximum Gasteiger partial charge on any atom is 0.455 e. The number of halogens is 6. The molecule has 0 aliphatic carbocycles. The van der Waals surface area contributed by atoms with Crippen molar-refractivity contribution in [2.45, 2.75) is 12.4 Å². The molecule has 2 rings (SSSR count). The summed E-state index contributed by atoms with van der Waals surface area (Å²) in [5.41, 5.74) is -2.10. The van der Waals surface area contributed by atoms with Gasteiger partial charge in [0, 0.05) is 7.05 Å². The molecule has 0 amide bonds. The van der Waals surface area contributed by atoms with Crippen molar-refractivity contribution in [3.63, 3.8) is 0 Å². The quantitative estimate of drug-likeness (QED) is 0.283. The highest BCUT2D eigenvalue weighted by atomic mass is 19.4. The van der Waals surface area contributed by atoms with E-state index in [2.05, 4.69) is 4.98 Å². The van der Waals surface area contributed by atoms with Crippen LogP contribution < -0.4 is 0 Å². The second kappa shape index (κ2) is 6.79. The first kappa shape index (κ1) is 20.0. The van der Waals surface area contributed by atoms with Crippen LogP contribution in [0.25, 0.3) is 16.6 Å². The van der Waals surface area contributed by atoms with Gasteiger partial charge in [-0.05, 0) is 18.2 Å². The summed E-state index contributed by atoms with van der Waals surface area (Å²) < 4.78 is 77.3. The van der Waals surface area contributed by atoms with Crippen LogP contribution >= 0.6 is 0 Å². The van der Waals surface area contributed by atoms with Gasteiger partial charge in [-0.15, -0.1) is 0 Å². The summed E-state index contributed by atoms with van der Waals surface area (Å²) in [5, 5.41) is 18.3. The van der Waals surface area contributed by atoms with Gasteiger partial charge in [0.05, 0.1) is 22.2 Å². The molecule has 1 aromatic heterocycles. The Bertz CT molecular complexity index is 1010. The first-order valence-corrected chi connectivity index (χ1v) is 7.03. The number of benzene rings is 1. The number of hydrogen-bond acceptors (Lipinski definition) is 4. The summed E-state index contributed by atoms with van der Waals surface area (Å²) in [4.78, 5) is 15.3. The Labute approximate surface area is 147 Å². The summed E-state index contributed by atoms with van der Waals surface area (Å²) in [5.74, 6) is -5.97. The minimum absolute atomic E-state index is 0.0276. The van der Waals surface area contributed by atoms with Crippen LogP contribution in [0, 0.1) is 11.3 Å². The number of nitrogens with zero attached hydrogens (tertiary/aromatic N) is 3. The molecule has 0 saturated heterocycles. The molecule has 5 nitrogen and oxygen atoms in total. The average Bonchev–Trinajstić information content (AvgIpc) is 2.90. The summed E-state index contributed by atoms with van der Waals surface area (Å²) in [6.45, 7) is 0. The van der Waals surface area contributed by atoms with Gasteiger partial charge < -0.3 is 9.67 Å². The molecule has 0 bridgehead atoms. The average molecular weight is 389 g/mol. The van der Waals surface area contributed by atoms with E-state index < -0.39 is 35.0 Å².